The van der Waals surface area contributed by atoms with Gasteiger partial charge in [-0.05, 0) is 12.8 Å². The molecule has 2 atom stereocenters. The van der Waals surface area contributed by atoms with Crippen LogP contribution in [0.5, 0.6) is 0 Å². The maximum Gasteiger partial charge on any atom is 0.307 e. The standard InChI is InChI=1S/C14H25NO6/c1-5-10(14(19)20)6-7-13(18)21-11(8-12(16)17)9-15(2,3)4/h10-11H,5-9H2,1-4H3,(H-,16,17,19,20)/p+1. The van der Waals surface area contributed by atoms with E-state index in [0.717, 1.165) is 0 Å². The number of hydrogen-bond acceptors (Lipinski definition) is 4. The second-order valence-electron chi connectivity index (χ2n) is 6.16. The molecule has 0 saturated carbocycles. The summed E-state index contributed by atoms with van der Waals surface area (Å²) in [7, 11) is 5.63. The highest BCUT2D eigenvalue weighted by Crippen LogP contribution is 2.13. The quantitative estimate of drug-likeness (QED) is 0.461. The average Bonchev–Trinajstić information content (AvgIpc) is 2.25. The van der Waals surface area contributed by atoms with Gasteiger partial charge in [0.05, 0.1) is 33.5 Å². The molecule has 7 nitrogen and oxygen atoms in total. The lowest BCUT2D eigenvalue weighted by atomic mass is 10.0. The summed E-state index contributed by atoms with van der Waals surface area (Å²) >= 11 is 0. The van der Waals surface area contributed by atoms with Crippen molar-refractivity contribution in [1.29, 1.82) is 0 Å². The normalized spacial score (nSPS) is 14.3. The summed E-state index contributed by atoms with van der Waals surface area (Å²) < 4.78 is 5.65. The Morgan fingerprint density at radius 1 is 1.14 bits per heavy atom. The first-order valence-electron chi connectivity index (χ1n) is 6.99. The Labute approximate surface area is 125 Å². The van der Waals surface area contributed by atoms with Gasteiger partial charge in [-0.3, -0.25) is 14.4 Å². The highest BCUT2D eigenvalue weighted by atomic mass is 16.5. The highest BCUT2D eigenvalue weighted by molar-refractivity contribution is 5.73. The lowest BCUT2D eigenvalue weighted by Gasteiger charge is -2.28. The molecule has 0 spiro atoms. The maximum absolute atomic E-state index is 11.7. The van der Waals surface area contributed by atoms with E-state index in [1.807, 2.05) is 21.1 Å². The van der Waals surface area contributed by atoms with Gasteiger partial charge in [0.15, 0.2) is 6.10 Å². The number of esters is 1. The van der Waals surface area contributed by atoms with E-state index in [-0.39, 0.29) is 19.3 Å². The van der Waals surface area contributed by atoms with Crippen molar-refractivity contribution < 1.29 is 33.8 Å². The van der Waals surface area contributed by atoms with Crippen LogP contribution < -0.4 is 0 Å². The second kappa shape index (κ2) is 8.61. The van der Waals surface area contributed by atoms with Crippen molar-refractivity contribution in [2.75, 3.05) is 27.7 Å². The predicted octanol–water partition coefficient (Wildman–Crippen LogP) is 0.970. The zero-order chi connectivity index (χ0) is 16.6. The molecule has 21 heavy (non-hydrogen) atoms. The molecule has 2 unspecified atom stereocenters. The Morgan fingerprint density at radius 2 is 1.71 bits per heavy atom. The number of nitrogens with zero attached hydrogens (tertiary/aromatic N) is 1. The monoisotopic (exact) mass is 304 g/mol. The van der Waals surface area contributed by atoms with Gasteiger partial charge in [-0.1, -0.05) is 6.92 Å². The van der Waals surface area contributed by atoms with Gasteiger partial charge in [-0.25, -0.2) is 0 Å². The van der Waals surface area contributed by atoms with E-state index in [1.54, 1.807) is 6.92 Å². The van der Waals surface area contributed by atoms with Crippen molar-refractivity contribution in [1.82, 2.24) is 0 Å². The summed E-state index contributed by atoms with van der Waals surface area (Å²) in [5.74, 6) is -3.08. The van der Waals surface area contributed by atoms with E-state index < -0.39 is 29.9 Å². The Hall–Kier alpha value is -1.63. The summed E-state index contributed by atoms with van der Waals surface area (Å²) in [6.45, 7) is 2.13. The molecule has 0 radical (unpaired) electrons. The van der Waals surface area contributed by atoms with E-state index >= 15 is 0 Å². The lowest BCUT2D eigenvalue weighted by Crippen LogP contribution is -2.43. The Balaban J connectivity index is 4.45. The van der Waals surface area contributed by atoms with Crippen molar-refractivity contribution in [3.8, 4) is 0 Å². The van der Waals surface area contributed by atoms with E-state index in [4.69, 9.17) is 14.9 Å². The van der Waals surface area contributed by atoms with E-state index in [2.05, 4.69) is 0 Å². The van der Waals surface area contributed by atoms with Gasteiger partial charge < -0.3 is 19.4 Å². The number of carbonyl (C=O) groups excluding carboxylic acids is 1. The summed E-state index contributed by atoms with van der Waals surface area (Å²) in [5.41, 5.74) is 0. The molecule has 0 fully saturated rings. The topological polar surface area (TPSA) is 101 Å². The lowest BCUT2D eigenvalue weighted by molar-refractivity contribution is -0.873. The van der Waals surface area contributed by atoms with Gasteiger partial charge in [0, 0.05) is 6.42 Å². The number of rotatable bonds is 10. The largest absolute Gasteiger partial charge is 0.481 e. The van der Waals surface area contributed by atoms with Gasteiger partial charge in [-0.2, -0.15) is 0 Å². The van der Waals surface area contributed by atoms with Crippen LogP contribution in [0.2, 0.25) is 0 Å². The number of likely N-dealkylation sites (N-methyl/N-ethyl adjacent to an activating group) is 1. The van der Waals surface area contributed by atoms with Crippen LogP contribution in [-0.4, -0.2) is 66.4 Å². The molecule has 0 rings (SSSR count). The number of ether oxygens (including phenoxy) is 1. The molecule has 0 aliphatic heterocycles. The SMILES string of the molecule is CCC(CCC(=O)OC(CC(=O)O)C[N+](C)(C)C)C(=O)O. The van der Waals surface area contributed by atoms with Gasteiger partial charge in [-0.15, -0.1) is 0 Å². The van der Waals surface area contributed by atoms with E-state index in [1.165, 1.54) is 0 Å². The van der Waals surface area contributed by atoms with Crippen LogP contribution in [-0.2, 0) is 19.1 Å². The zero-order valence-electron chi connectivity index (χ0n) is 13.2. The first-order valence-corrected chi connectivity index (χ1v) is 6.99. The van der Waals surface area contributed by atoms with Crippen LogP contribution in [0.1, 0.15) is 32.6 Å². The van der Waals surface area contributed by atoms with Gasteiger partial charge in [0.1, 0.15) is 6.54 Å². The summed E-state index contributed by atoms with van der Waals surface area (Å²) in [6.07, 6.45) is -0.329. The van der Waals surface area contributed by atoms with Crippen molar-refractivity contribution in [2.45, 2.75) is 38.7 Å². The molecule has 0 aliphatic carbocycles. The van der Waals surface area contributed by atoms with Crippen molar-refractivity contribution >= 4 is 17.9 Å². The Kier molecular flexibility index (Phi) is 7.94. The predicted molar refractivity (Wildman–Crippen MR) is 75.7 cm³/mol. The van der Waals surface area contributed by atoms with Crippen molar-refractivity contribution in [2.24, 2.45) is 5.92 Å². The maximum atomic E-state index is 11.7. The van der Waals surface area contributed by atoms with E-state index in [0.29, 0.717) is 17.4 Å². The second-order valence-corrected chi connectivity index (χ2v) is 6.16. The Morgan fingerprint density at radius 3 is 2.10 bits per heavy atom. The molecule has 122 valence electrons. The fraction of sp³-hybridized carbons (Fsp3) is 0.786. The van der Waals surface area contributed by atoms with Crippen LogP contribution in [0.25, 0.3) is 0 Å². The minimum atomic E-state index is -1.03. The molecular formula is C14H26NO6+. The van der Waals surface area contributed by atoms with E-state index in [9.17, 15) is 14.4 Å². The number of quaternary nitrogens is 1. The van der Waals surface area contributed by atoms with Gasteiger partial charge in [0.25, 0.3) is 0 Å². The van der Waals surface area contributed by atoms with Gasteiger partial charge >= 0.3 is 17.9 Å². The van der Waals surface area contributed by atoms with Crippen LogP contribution in [0.4, 0.5) is 0 Å². The number of carboxylic acids is 2. The number of hydrogen-bond donors (Lipinski definition) is 2. The Bertz CT molecular complexity index is 374. The molecule has 0 aromatic rings. The number of carboxylic acid groups (broad SMARTS) is 2. The minimum Gasteiger partial charge on any atom is -0.481 e. The summed E-state index contributed by atoms with van der Waals surface area (Å²) in [6, 6.07) is 0. The molecule has 0 heterocycles. The van der Waals surface area contributed by atoms with Crippen molar-refractivity contribution in [3.05, 3.63) is 0 Å². The minimum absolute atomic E-state index is 0.0158. The smallest absolute Gasteiger partial charge is 0.307 e. The molecule has 0 aromatic heterocycles. The third-order valence-corrected chi connectivity index (χ3v) is 2.99. The zero-order valence-corrected chi connectivity index (χ0v) is 13.2. The third kappa shape index (κ3) is 9.84. The van der Waals surface area contributed by atoms with Crippen LogP contribution in [0.3, 0.4) is 0 Å². The molecule has 0 amide bonds. The molecule has 0 saturated heterocycles. The molecular weight excluding hydrogens is 278 g/mol. The highest BCUT2D eigenvalue weighted by Gasteiger charge is 2.25. The third-order valence-electron chi connectivity index (χ3n) is 2.99. The number of aliphatic carboxylic acids is 2. The summed E-state index contributed by atoms with van der Waals surface area (Å²) in [4.78, 5) is 33.4. The number of carbonyl (C=O) groups is 3. The van der Waals surface area contributed by atoms with Crippen LogP contribution in [0.15, 0.2) is 0 Å². The fourth-order valence-electron chi connectivity index (χ4n) is 1.99. The molecule has 2 N–H and O–H groups in total. The first kappa shape index (κ1) is 19.4. The van der Waals surface area contributed by atoms with Crippen LogP contribution in [0, 0.1) is 5.92 Å². The fourth-order valence-corrected chi connectivity index (χ4v) is 1.99. The molecule has 0 bridgehead atoms. The first-order chi connectivity index (χ1) is 9.55. The molecule has 0 aliphatic rings. The van der Waals surface area contributed by atoms with Gasteiger partial charge in [0.2, 0.25) is 0 Å². The van der Waals surface area contributed by atoms with Crippen LogP contribution >= 0.6 is 0 Å². The van der Waals surface area contributed by atoms with Crippen molar-refractivity contribution in [3.63, 3.8) is 0 Å². The molecule has 7 heteroatoms. The molecule has 0 aromatic carbocycles. The average molecular weight is 304 g/mol. The summed E-state index contributed by atoms with van der Waals surface area (Å²) in [5, 5.41) is 17.8.